The molecule has 3 nitrogen and oxygen atoms in total. The normalized spacial score (nSPS) is 10.2. The quantitative estimate of drug-likeness (QED) is 0.597. The van der Waals surface area contributed by atoms with E-state index in [1.165, 1.54) is 0 Å². The molecule has 0 aliphatic carbocycles. The van der Waals surface area contributed by atoms with Gasteiger partial charge in [-0.2, -0.15) is 0 Å². The van der Waals surface area contributed by atoms with Gasteiger partial charge >= 0.3 is 5.97 Å². The molecule has 1 rings (SSSR count). The van der Waals surface area contributed by atoms with Gasteiger partial charge in [-0.25, -0.2) is 4.79 Å². The lowest BCUT2D eigenvalue weighted by atomic mass is 10.00. The van der Waals surface area contributed by atoms with Gasteiger partial charge in [0.2, 0.25) is 0 Å². The van der Waals surface area contributed by atoms with Crippen molar-refractivity contribution < 1.29 is 14.3 Å². The zero-order valence-corrected chi connectivity index (χ0v) is 11.6. The number of hydrogen-bond acceptors (Lipinski definition) is 3. The van der Waals surface area contributed by atoms with Crippen LogP contribution in [0.1, 0.15) is 28.4 Å². The number of alkyl halides is 2. The predicted octanol–water partition coefficient (Wildman–Crippen LogP) is 2.95. The molecule has 1 aromatic rings. The minimum atomic E-state index is -0.434. The van der Waals surface area contributed by atoms with E-state index in [0.717, 1.165) is 5.56 Å². The zero-order chi connectivity index (χ0) is 13.5. The van der Waals surface area contributed by atoms with E-state index in [1.807, 2.05) is 0 Å². The molecule has 0 aliphatic heterocycles. The minimum Gasteiger partial charge on any atom is -0.462 e. The van der Waals surface area contributed by atoms with Gasteiger partial charge in [-0.05, 0) is 24.1 Å². The summed E-state index contributed by atoms with van der Waals surface area (Å²) in [4.78, 5) is 23.1. The van der Waals surface area contributed by atoms with Gasteiger partial charge in [-0.1, -0.05) is 12.1 Å². The number of rotatable bonds is 6. The fraction of sp³-hybridized carbons (Fsp3) is 0.385. The molecule has 0 N–H and O–H groups in total. The molecule has 0 heterocycles. The third kappa shape index (κ3) is 4.00. The van der Waals surface area contributed by atoms with Gasteiger partial charge in [0, 0.05) is 12.3 Å². The SMILES string of the molecule is CCOC(=O)c1ccc(CCl)cc1CC(=O)CCl. The van der Waals surface area contributed by atoms with Crippen molar-refractivity contribution in [1.29, 1.82) is 0 Å². The average molecular weight is 289 g/mol. The lowest BCUT2D eigenvalue weighted by Gasteiger charge is -2.09. The van der Waals surface area contributed by atoms with Gasteiger partial charge in [0.15, 0.2) is 5.78 Å². The number of esters is 1. The Balaban J connectivity index is 3.07. The molecule has 0 aliphatic rings. The third-order valence-electron chi connectivity index (χ3n) is 2.36. The van der Waals surface area contributed by atoms with Gasteiger partial charge in [0.1, 0.15) is 0 Å². The Labute approximate surface area is 116 Å². The first-order valence-corrected chi connectivity index (χ1v) is 6.61. The summed E-state index contributed by atoms with van der Waals surface area (Å²) in [6.07, 6.45) is 0.113. The highest BCUT2D eigenvalue weighted by Gasteiger charge is 2.15. The van der Waals surface area contributed by atoms with Crippen LogP contribution in [0.2, 0.25) is 0 Å². The van der Waals surface area contributed by atoms with Crippen molar-refractivity contribution in [3.8, 4) is 0 Å². The topological polar surface area (TPSA) is 43.4 Å². The number of carbonyl (C=O) groups excluding carboxylic acids is 2. The Morgan fingerprint density at radius 1 is 1.28 bits per heavy atom. The first-order chi connectivity index (χ1) is 8.62. The maximum absolute atomic E-state index is 11.7. The van der Waals surface area contributed by atoms with Crippen molar-refractivity contribution in [1.82, 2.24) is 0 Å². The molecular formula is C13H14Cl2O3. The van der Waals surface area contributed by atoms with E-state index in [2.05, 4.69) is 0 Å². The van der Waals surface area contributed by atoms with Crippen LogP contribution in [-0.4, -0.2) is 24.2 Å². The number of benzene rings is 1. The summed E-state index contributed by atoms with van der Waals surface area (Å²) in [7, 11) is 0. The number of halogens is 2. The average Bonchev–Trinajstić information content (AvgIpc) is 2.38. The van der Waals surface area contributed by atoms with E-state index in [0.29, 0.717) is 23.6 Å². The van der Waals surface area contributed by atoms with Crippen molar-refractivity contribution >= 4 is 35.0 Å². The molecule has 0 atom stereocenters. The fourth-order valence-corrected chi connectivity index (χ4v) is 1.80. The molecule has 0 unspecified atom stereocenters. The lowest BCUT2D eigenvalue weighted by Crippen LogP contribution is -2.12. The highest BCUT2D eigenvalue weighted by atomic mass is 35.5. The molecule has 0 amide bonds. The molecule has 0 saturated heterocycles. The highest BCUT2D eigenvalue weighted by Crippen LogP contribution is 2.16. The Morgan fingerprint density at radius 3 is 2.56 bits per heavy atom. The van der Waals surface area contributed by atoms with Crippen LogP contribution >= 0.6 is 23.2 Å². The minimum absolute atomic E-state index is 0.0760. The number of carbonyl (C=O) groups is 2. The van der Waals surface area contributed by atoms with Crippen molar-refractivity contribution in [3.63, 3.8) is 0 Å². The van der Waals surface area contributed by atoms with E-state index in [1.54, 1.807) is 25.1 Å². The summed E-state index contributed by atoms with van der Waals surface area (Å²) in [6, 6.07) is 5.12. The third-order valence-corrected chi connectivity index (χ3v) is 2.96. The van der Waals surface area contributed by atoms with Gasteiger partial charge in [-0.15, -0.1) is 23.2 Å². The Morgan fingerprint density at radius 2 is 2.00 bits per heavy atom. The number of Topliss-reactive ketones (excluding diaryl/α,β-unsaturated/α-hetero) is 1. The molecule has 0 saturated carbocycles. The number of ether oxygens (including phenoxy) is 1. The maximum Gasteiger partial charge on any atom is 0.338 e. The molecule has 0 radical (unpaired) electrons. The van der Waals surface area contributed by atoms with Crippen LogP contribution in [0.3, 0.4) is 0 Å². The van der Waals surface area contributed by atoms with Gasteiger partial charge in [0.25, 0.3) is 0 Å². The second-order valence-electron chi connectivity index (χ2n) is 3.69. The van der Waals surface area contributed by atoms with Crippen molar-refractivity contribution in [2.75, 3.05) is 12.5 Å². The lowest BCUT2D eigenvalue weighted by molar-refractivity contribution is -0.116. The van der Waals surface area contributed by atoms with Crippen molar-refractivity contribution in [3.05, 3.63) is 34.9 Å². The van der Waals surface area contributed by atoms with E-state index in [4.69, 9.17) is 27.9 Å². The van der Waals surface area contributed by atoms with E-state index in [9.17, 15) is 9.59 Å². The van der Waals surface area contributed by atoms with Crippen molar-refractivity contribution in [2.24, 2.45) is 0 Å². The standard InChI is InChI=1S/C13H14Cl2O3/c1-2-18-13(17)12-4-3-9(7-14)5-10(12)6-11(16)8-15/h3-5H,2,6-8H2,1H3. The second-order valence-corrected chi connectivity index (χ2v) is 4.23. The number of hydrogen-bond donors (Lipinski definition) is 0. The summed E-state index contributed by atoms with van der Waals surface area (Å²) in [5, 5.41) is 0. The smallest absolute Gasteiger partial charge is 0.338 e. The molecule has 0 spiro atoms. The molecule has 98 valence electrons. The molecule has 0 bridgehead atoms. The number of ketones is 1. The Kier molecular flexibility index (Phi) is 6.16. The van der Waals surface area contributed by atoms with Gasteiger partial charge in [-0.3, -0.25) is 4.79 Å². The summed E-state index contributed by atoms with van der Waals surface area (Å²) in [6.45, 7) is 2.02. The molecule has 1 aromatic carbocycles. The Hall–Kier alpha value is -1.06. The van der Waals surface area contributed by atoms with Crippen LogP contribution in [0.4, 0.5) is 0 Å². The molecule has 5 heteroatoms. The summed E-state index contributed by atoms with van der Waals surface area (Å²) < 4.78 is 4.94. The van der Waals surface area contributed by atoms with Crippen LogP contribution in [0.15, 0.2) is 18.2 Å². The van der Waals surface area contributed by atoms with E-state index >= 15 is 0 Å². The van der Waals surface area contributed by atoms with Crippen LogP contribution in [0.25, 0.3) is 0 Å². The monoisotopic (exact) mass is 288 g/mol. The van der Waals surface area contributed by atoms with Crippen molar-refractivity contribution in [2.45, 2.75) is 19.2 Å². The predicted molar refractivity (Wildman–Crippen MR) is 71.4 cm³/mol. The second kappa shape index (κ2) is 7.39. The summed E-state index contributed by atoms with van der Waals surface area (Å²) >= 11 is 11.2. The van der Waals surface area contributed by atoms with Crippen LogP contribution < -0.4 is 0 Å². The van der Waals surface area contributed by atoms with E-state index < -0.39 is 5.97 Å². The Bertz CT molecular complexity index is 444. The highest BCUT2D eigenvalue weighted by molar-refractivity contribution is 6.27. The molecule has 0 aromatic heterocycles. The molecule has 18 heavy (non-hydrogen) atoms. The molecule has 0 fully saturated rings. The van der Waals surface area contributed by atoms with Gasteiger partial charge in [0.05, 0.1) is 18.1 Å². The van der Waals surface area contributed by atoms with Crippen LogP contribution in [0.5, 0.6) is 0 Å². The first kappa shape index (κ1) is 15.0. The first-order valence-electron chi connectivity index (χ1n) is 5.54. The zero-order valence-electron chi connectivity index (χ0n) is 10.0. The summed E-state index contributed by atoms with van der Waals surface area (Å²) in [5.41, 5.74) is 1.85. The molecular weight excluding hydrogens is 275 g/mol. The maximum atomic E-state index is 11.7. The summed E-state index contributed by atoms with van der Waals surface area (Å²) in [5.74, 6) is -0.330. The van der Waals surface area contributed by atoms with E-state index in [-0.39, 0.29) is 18.1 Å². The largest absolute Gasteiger partial charge is 0.462 e. The fourth-order valence-electron chi connectivity index (χ4n) is 1.54. The van der Waals surface area contributed by atoms with Crippen LogP contribution in [-0.2, 0) is 21.8 Å². The van der Waals surface area contributed by atoms with Gasteiger partial charge < -0.3 is 4.74 Å². The van der Waals surface area contributed by atoms with Crippen LogP contribution in [0, 0.1) is 0 Å².